The standard InChI is InChI=1S/C15H25NO/c1-6-11(3)13(5)16-15-9-8-14(17-7-2)10-12(15)4/h8-11,13,16H,6-7H2,1-5H3. The molecule has 0 aliphatic heterocycles. The number of nitrogens with one attached hydrogen (secondary N) is 1. The van der Waals surface area contributed by atoms with Crippen LogP contribution < -0.4 is 10.1 Å². The van der Waals surface area contributed by atoms with Crippen LogP contribution in [0.1, 0.15) is 39.7 Å². The van der Waals surface area contributed by atoms with E-state index in [1.807, 2.05) is 13.0 Å². The van der Waals surface area contributed by atoms with Crippen LogP contribution in [0.15, 0.2) is 18.2 Å². The van der Waals surface area contributed by atoms with Crippen molar-refractivity contribution in [2.75, 3.05) is 11.9 Å². The van der Waals surface area contributed by atoms with Gasteiger partial charge in [-0.3, -0.25) is 0 Å². The molecule has 0 saturated heterocycles. The van der Waals surface area contributed by atoms with Crippen LogP contribution in [0.5, 0.6) is 5.75 Å². The molecule has 1 aromatic carbocycles. The summed E-state index contributed by atoms with van der Waals surface area (Å²) in [5, 5.41) is 3.57. The predicted molar refractivity (Wildman–Crippen MR) is 74.9 cm³/mol. The van der Waals surface area contributed by atoms with Crippen molar-refractivity contribution in [3.8, 4) is 5.75 Å². The fourth-order valence-corrected chi connectivity index (χ4v) is 1.80. The number of anilines is 1. The molecule has 0 amide bonds. The number of hydrogen-bond acceptors (Lipinski definition) is 2. The summed E-state index contributed by atoms with van der Waals surface area (Å²) in [5.41, 5.74) is 2.45. The quantitative estimate of drug-likeness (QED) is 0.796. The molecule has 2 unspecified atom stereocenters. The Bertz CT molecular complexity index is 349. The summed E-state index contributed by atoms with van der Waals surface area (Å²) in [7, 11) is 0. The first-order valence-electron chi connectivity index (χ1n) is 6.58. The maximum Gasteiger partial charge on any atom is 0.119 e. The van der Waals surface area contributed by atoms with E-state index in [1.54, 1.807) is 0 Å². The van der Waals surface area contributed by atoms with Crippen molar-refractivity contribution >= 4 is 5.69 Å². The topological polar surface area (TPSA) is 21.3 Å². The lowest BCUT2D eigenvalue weighted by atomic mass is 10.0. The fraction of sp³-hybridized carbons (Fsp3) is 0.600. The number of aryl methyl sites for hydroxylation is 1. The van der Waals surface area contributed by atoms with Gasteiger partial charge < -0.3 is 10.1 Å². The van der Waals surface area contributed by atoms with Gasteiger partial charge in [-0.2, -0.15) is 0 Å². The van der Waals surface area contributed by atoms with Gasteiger partial charge in [0.1, 0.15) is 5.75 Å². The molecule has 0 bridgehead atoms. The molecule has 2 heteroatoms. The molecule has 0 spiro atoms. The van der Waals surface area contributed by atoms with Crippen molar-refractivity contribution in [3.05, 3.63) is 23.8 Å². The van der Waals surface area contributed by atoms with Crippen LogP contribution in [0.2, 0.25) is 0 Å². The van der Waals surface area contributed by atoms with Gasteiger partial charge in [-0.1, -0.05) is 20.3 Å². The molecular weight excluding hydrogens is 210 g/mol. The van der Waals surface area contributed by atoms with E-state index in [-0.39, 0.29) is 0 Å². The zero-order valence-electron chi connectivity index (χ0n) is 11.7. The van der Waals surface area contributed by atoms with Gasteiger partial charge in [0.15, 0.2) is 0 Å². The lowest BCUT2D eigenvalue weighted by molar-refractivity contribution is 0.340. The molecule has 1 rings (SSSR count). The van der Waals surface area contributed by atoms with Gasteiger partial charge in [0.2, 0.25) is 0 Å². The summed E-state index contributed by atoms with van der Waals surface area (Å²) < 4.78 is 5.49. The fourth-order valence-electron chi connectivity index (χ4n) is 1.80. The number of hydrogen-bond donors (Lipinski definition) is 1. The van der Waals surface area contributed by atoms with Gasteiger partial charge in [0, 0.05) is 11.7 Å². The normalized spacial score (nSPS) is 14.2. The van der Waals surface area contributed by atoms with Gasteiger partial charge in [-0.25, -0.2) is 0 Å². The minimum Gasteiger partial charge on any atom is -0.494 e. The van der Waals surface area contributed by atoms with Crippen LogP contribution in [-0.2, 0) is 0 Å². The molecule has 2 nitrogen and oxygen atoms in total. The van der Waals surface area contributed by atoms with Crippen molar-refractivity contribution in [2.24, 2.45) is 5.92 Å². The Kier molecular flexibility index (Phi) is 5.33. The monoisotopic (exact) mass is 235 g/mol. The predicted octanol–water partition coefficient (Wildman–Crippen LogP) is 4.24. The third-order valence-corrected chi connectivity index (χ3v) is 3.39. The Balaban J connectivity index is 2.72. The maximum absolute atomic E-state index is 5.49. The average Bonchev–Trinajstić information content (AvgIpc) is 2.31. The largest absolute Gasteiger partial charge is 0.494 e. The third kappa shape index (κ3) is 3.95. The minimum absolute atomic E-state index is 0.497. The molecule has 1 N–H and O–H groups in total. The van der Waals surface area contributed by atoms with Crippen molar-refractivity contribution in [1.82, 2.24) is 0 Å². The molecule has 0 radical (unpaired) electrons. The average molecular weight is 235 g/mol. The molecule has 0 aliphatic rings. The van der Waals surface area contributed by atoms with Crippen LogP contribution in [-0.4, -0.2) is 12.6 Å². The van der Waals surface area contributed by atoms with Crippen LogP contribution in [0, 0.1) is 12.8 Å². The van der Waals surface area contributed by atoms with E-state index < -0.39 is 0 Å². The highest BCUT2D eigenvalue weighted by Gasteiger charge is 2.11. The molecule has 17 heavy (non-hydrogen) atoms. The maximum atomic E-state index is 5.49. The summed E-state index contributed by atoms with van der Waals surface area (Å²) in [6, 6.07) is 6.73. The van der Waals surface area contributed by atoms with Crippen molar-refractivity contribution in [3.63, 3.8) is 0 Å². The van der Waals surface area contributed by atoms with Crippen molar-refractivity contribution in [1.29, 1.82) is 0 Å². The van der Waals surface area contributed by atoms with Crippen molar-refractivity contribution < 1.29 is 4.74 Å². The minimum atomic E-state index is 0.497. The summed E-state index contributed by atoms with van der Waals surface area (Å²) in [6.07, 6.45) is 1.20. The first-order chi connectivity index (χ1) is 8.08. The van der Waals surface area contributed by atoms with Gasteiger partial charge in [-0.15, -0.1) is 0 Å². The Morgan fingerprint density at radius 2 is 1.94 bits per heavy atom. The first kappa shape index (κ1) is 13.9. The summed E-state index contributed by atoms with van der Waals surface area (Å²) in [6.45, 7) is 11.6. The highest BCUT2D eigenvalue weighted by atomic mass is 16.5. The lowest BCUT2D eigenvalue weighted by Crippen LogP contribution is -2.23. The Morgan fingerprint density at radius 1 is 1.24 bits per heavy atom. The molecule has 2 atom stereocenters. The van der Waals surface area contributed by atoms with Crippen LogP contribution >= 0.6 is 0 Å². The van der Waals surface area contributed by atoms with Crippen LogP contribution in [0.3, 0.4) is 0 Å². The van der Waals surface area contributed by atoms with Gasteiger partial charge >= 0.3 is 0 Å². The zero-order valence-corrected chi connectivity index (χ0v) is 11.7. The second-order valence-electron chi connectivity index (χ2n) is 4.73. The molecule has 1 aromatic rings. The van der Waals surface area contributed by atoms with E-state index in [1.165, 1.54) is 17.7 Å². The number of ether oxygens (including phenoxy) is 1. The van der Waals surface area contributed by atoms with E-state index in [0.29, 0.717) is 12.0 Å². The van der Waals surface area contributed by atoms with Gasteiger partial charge in [0.05, 0.1) is 6.61 Å². The van der Waals surface area contributed by atoms with Gasteiger partial charge in [0.25, 0.3) is 0 Å². The Morgan fingerprint density at radius 3 is 2.47 bits per heavy atom. The summed E-state index contributed by atoms with van der Waals surface area (Å²) in [5.74, 6) is 1.63. The van der Waals surface area contributed by atoms with E-state index in [4.69, 9.17) is 4.74 Å². The number of benzene rings is 1. The third-order valence-electron chi connectivity index (χ3n) is 3.39. The van der Waals surface area contributed by atoms with Crippen molar-refractivity contribution in [2.45, 2.75) is 47.1 Å². The molecule has 0 heterocycles. The highest BCUT2D eigenvalue weighted by molar-refractivity contribution is 5.54. The summed E-state index contributed by atoms with van der Waals surface area (Å²) in [4.78, 5) is 0. The molecule has 0 fully saturated rings. The molecule has 0 aromatic heterocycles. The summed E-state index contributed by atoms with van der Waals surface area (Å²) >= 11 is 0. The number of rotatable bonds is 6. The SMILES string of the molecule is CCOc1ccc(NC(C)C(C)CC)c(C)c1. The second-order valence-corrected chi connectivity index (χ2v) is 4.73. The first-order valence-corrected chi connectivity index (χ1v) is 6.58. The molecule has 96 valence electrons. The molecule has 0 saturated carbocycles. The second kappa shape index (κ2) is 6.53. The Hall–Kier alpha value is -1.18. The molecule has 0 aliphatic carbocycles. The Labute approximate surface area is 105 Å². The molecular formula is C15H25NO. The van der Waals surface area contributed by atoms with Gasteiger partial charge in [-0.05, 0) is 50.5 Å². The van der Waals surface area contributed by atoms with E-state index in [0.717, 1.165) is 12.4 Å². The highest BCUT2D eigenvalue weighted by Crippen LogP contribution is 2.23. The van der Waals surface area contributed by atoms with Crippen LogP contribution in [0.25, 0.3) is 0 Å². The van der Waals surface area contributed by atoms with E-state index >= 15 is 0 Å². The zero-order chi connectivity index (χ0) is 12.8. The lowest BCUT2D eigenvalue weighted by Gasteiger charge is -2.22. The van der Waals surface area contributed by atoms with E-state index in [9.17, 15) is 0 Å². The van der Waals surface area contributed by atoms with E-state index in [2.05, 4.69) is 45.1 Å². The smallest absolute Gasteiger partial charge is 0.119 e. The van der Waals surface area contributed by atoms with Crippen LogP contribution in [0.4, 0.5) is 5.69 Å².